The predicted molar refractivity (Wildman–Crippen MR) is 68.9 cm³/mol. The number of pyridine rings is 1. The van der Waals surface area contributed by atoms with Crippen molar-refractivity contribution in [2.75, 3.05) is 5.73 Å². The molecule has 0 fully saturated rings. The molecular weight excluding hydrogens is 236 g/mol. The molecule has 0 amide bonds. The van der Waals surface area contributed by atoms with Crippen LogP contribution in [0.4, 0.5) is 5.82 Å². The number of fused-ring (bicyclic) bond motifs is 1. The average Bonchev–Trinajstić information content (AvgIpc) is 2.81. The van der Waals surface area contributed by atoms with Crippen LogP contribution in [0, 0.1) is 0 Å². The van der Waals surface area contributed by atoms with E-state index in [0.29, 0.717) is 5.82 Å². The Hall–Kier alpha value is -2.21. The molecule has 86 valence electrons. The number of nitrogens with zero attached hydrogens (tertiary/aromatic N) is 2. The van der Waals surface area contributed by atoms with Crippen LogP contribution < -0.4 is 11.3 Å². The molecule has 0 unspecified atom stereocenters. The third-order valence-corrected chi connectivity index (χ3v) is 2.53. The first kappa shape index (κ1) is 11.3. The molecule has 5 nitrogen and oxygen atoms in total. The van der Waals surface area contributed by atoms with Gasteiger partial charge in [0.05, 0.1) is 5.38 Å². The molecule has 0 bridgehead atoms. The molecule has 0 aliphatic carbocycles. The van der Waals surface area contributed by atoms with Crippen molar-refractivity contribution in [3.8, 4) is 0 Å². The first-order chi connectivity index (χ1) is 8.25. The van der Waals surface area contributed by atoms with Crippen molar-refractivity contribution in [1.82, 2.24) is 14.6 Å². The number of hydrogen-bond donors (Lipinski definition) is 2. The number of nitrogens with one attached hydrogen (secondary N) is 1. The Morgan fingerprint density at radius 3 is 2.65 bits per heavy atom. The molecule has 0 saturated heterocycles. The average molecular weight is 246 g/mol. The van der Waals surface area contributed by atoms with Crippen LogP contribution in [0.1, 0.15) is 0 Å². The number of aromatic amines is 1. The second kappa shape index (κ2) is 5.22. The number of H-pyrrole nitrogens is 1. The van der Waals surface area contributed by atoms with Gasteiger partial charge in [0.15, 0.2) is 5.82 Å². The van der Waals surface area contributed by atoms with Crippen molar-refractivity contribution in [2.45, 2.75) is 0 Å². The van der Waals surface area contributed by atoms with Gasteiger partial charge in [-0.3, -0.25) is 4.79 Å². The van der Waals surface area contributed by atoms with Gasteiger partial charge in [0, 0.05) is 11.6 Å². The maximum Gasteiger partial charge on any atom is 0.248 e. The number of benzene rings is 1. The third-order valence-electron chi connectivity index (χ3n) is 2.01. The fourth-order valence-corrected chi connectivity index (χ4v) is 1.61. The van der Waals surface area contributed by atoms with Crippen molar-refractivity contribution in [1.29, 1.82) is 0 Å². The summed E-state index contributed by atoms with van der Waals surface area (Å²) in [4.78, 5) is 13.6. The van der Waals surface area contributed by atoms with Crippen molar-refractivity contribution < 1.29 is 0 Å². The molecule has 2 heterocycles. The lowest BCUT2D eigenvalue weighted by Gasteiger charge is -1.93. The highest BCUT2D eigenvalue weighted by molar-refractivity contribution is 7.03. The number of para-hydroxylation sites is 1. The molecule has 17 heavy (non-hydrogen) atoms. The largest absolute Gasteiger partial charge is 0.381 e. The van der Waals surface area contributed by atoms with E-state index in [4.69, 9.17) is 5.73 Å². The summed E-state index contributed by atoms with van der Waals surface area (Å²) in [5.74, 6) is 0.500. The normalized spacial score (nSPS) is 9.65. The highest BCUT2D eigenvalue weighted by atomic mass is 32.1. The summed E-state index contributed by atoms with van der Waals surface area (Å²) >= 11 is 1.25. The van der Waals surface area contributed by atoms with Gasteiger partial charge < -0.3 is 10.7 Å². The smallest absolute Gasteiger partial charge is 0.248 e. The Morgan fingerprint density at radius 2 is 2.00 bits per heavy atom. The van der Waals surface area contributed by atoms with E-state index >= 15 is 0 Å². The summed E-state index contributed by atoms with van der Waals surface area (Å²) in [6, 6.07) is 11.0. The van der Waals surface area contributed by atoms with Crippen LogP contribution in [0.25, 0.3) is 10.9 Å². The number of anilines is 1. The van der Waals surface area contributed by atoms with E-state index in [9.17, 15) is 4.79 Å². The van der Waals surface area contributed by atoms with E-state index in [-0.39, 0.29) is 5.56 Å². The minimum absolute atomic E-state index is 0.0521. The van der Waals surface area contributed by atoms with E-state index in [1.165, 1.54) is 17.6 Å². The number of nitrogens with two attached hydrogens (primary N) is 1. The quantitative estimate of drug-likeness (QED) is 0.631. The standard InChI is InChI=1S/C9H7NO.C2H3N3S/c11-9-6-5-7-3-1-2-4-8(7)10-9;3-2-1-6-5-4-2/h1-6H,(H,10,11);1H,3H2. The molecule has 3 aromatic rings. The van der Waals surface area contributed by atoms with Crippen LogP contribution in [0.2, 0.25) is 0 Å². The van der Waals surface area contributed by atoms with Gasteiger partial charge in [-0.1, -0.05) is 22.7 Å². The lowest BCUT2D eigenvalue weighted by molar-refractivity contribution is 1.17. The van der Waals surface area contributed by atoms with E-state index in [0.717, 1.165) is 10.9 Å². The van der Waals surface area contributed by atoms with E-state index in [1.807, 2.05) is 30.3 Å². The molecule has 0 aliphatic heterocycles. The summed E-state index contributed by atoms with van der Waals surface area (Å²) in [5.41, 5.74) is 5.95. The fraction of sp³-hybridized carbons (Fsp3) is 0. The molecule has 0 atom stereocenters. The molecule has 6 heteroatoms. The first-order valence-corrected chi connectivity index (χ1v) is 5.70. The van der Waals surface area contributed by atoms with Crippen molar-refractivity contribution in [3.05, 3.63) is 52.1 Å². The lowest BCUT2D eigenvalue weighted by Crippen LogP contribution is -2.01. The minimum Gasteiger partial charge on any atom is -0.381 e. The fourth-order valence-electron chi connectivity index (χ4n) is 1.27. The SMILES string of the molecule is Nc1csnn1.O=c1ccc2ccccc2[nH]1. The Bertz CT molecular complexity index is 648. The summed E-state index contributed by atoms with van der Waals surface area (Å²) < 4.78 is 3.49. The zero-order valence-electron chi connectivity index (χ0n) is 8.83. The Labute approximate surface area is 101 Å². The Morgan fingerprint density at radius 1 is 1.18 bits per heavy atom. The number of aromatic nitrogens is 3. The first-order valence-electron chi connectivity index (χ1n) is 4.86. The highest BCUT2D eigenvalue weighted by Gasteiger charge is 1.89. The monoisotopic (exact) mass is 246 g/mol. The molecule has 3 rings (SSSR count). The molecule has 0 radical (unpaired) electrons. The van der Waals surface area contributed by atoms with Crippen LogP contribution in [0.3, 0.4) is 0 Å². The zero-order chi connectivity index (χ0) is 12.1. The van der Waals surface area contributed by atoms with Crippen LogP contribution >= 0.6 is 11.5 Å². The second-order valence-electron chi connectivity index (χ2n) is 3.24. The number of nitrogen functional groups attached to an aromatic ring is 1. The Balaban J connectivity index is 0.000000153. The maximum atomic E-state index is 10.8. The van der Waals surface area contributed by atoms with E-state index in [1.54, 1.807) is 5.38 Å². The summed E-state index contributed by atoms with van der Waals surface area (Å²) in [6.07, 6.45) is 0. The van der Waals surface area contributed by atoms with Crippen LogP contribution in [0.5, 0.6) is 0 Å². The third kappa shape index (κ3) is 3.12. The van der Waals surface area contributed by atoms with Crippen molar-refractivity contribution in [2.24, 2.45) is 0 Å². The van der Waals surface area contributed by atoms with Crippen molar-refractivity contribution in [3.63, 3.8) is 0 Å². The zero-order valence-corrected chi connectivity index (χ0v) is 9.65. The van der Waals surface area contributed by atoms with Crippen LogP contribution in [-0.2, 0) is 0 Å². The summed E-state index contributed by atoms with van der Waals surface area (Å²) in [5, 5.41) is 6.21. The van der Waals surface area contributed by atoms with Crippen molar-refractivity contribution >= 4 is 28.3 Å². The molecule has 0 saturated carbocycles. The second-order valence-corrected chi connectivity index (χ2v) is 3.85. The van der Waals surface area contributed by atoms with Gasteiger partial charge in [0.25, 0.3) is 0 Å². The van der Waals surface area contributed by atoms with Gasteiger partial charge in [0.2, 0.25) is 5.56 Å². The van der Waals surface area contributed by atoms with Gasteiger partial charge in [-0.2, -0.15) is 0 Å². The minimum atomic E-state index is -0.0521. The topological polar surface area (TPSA) is 84.7 Å². The van der Waals surface area contributed by atoms with Gasteiger partial charge >= 0.3 is 0 Å². The lowest BCUT2D eigenvalue weighted by atomic mass is 10.2. The molecule has 1 aromatic carbocycles. The van der Waals surface area contributed by atoms with Crippen LogP contribution in [-0.4, -0.2) is 14.6 Å². The summed E-state index contributed by atoms with van der Waals surface area (Å²) in [6.45, 7) is 0. The van der Waals surface area contributed by atoms with Crippen LogP contribution in [0.15, 0.2) is 46.6 Å². The number of hydrogen-bond acceptors (Lipinski definition) is 5. The molecule has 3 N–H and O–H groups in total. The Kier molecular flexibility index (Phi) is 3.46. The highest BCUT2D eigenvalue weighted by Crippen LogP contribution is 2.06. The van der Waals surface area contributed by atoms with E-state index in [2.05, 4.69) is 14.6 Å². The molecule has 0 spiro atoms. The van der Waals surface area contributed by atoms with Gasteiger partial charge in [-0.15, -0.1) is 5.10 Å². The summed E-state index contributed by atoms with van der Waals surface area (Å²) in [7, 11) is 0. The van der Waals surface area contributed by atoms with Gasteiger partial charge in [0.1, 0.15) is 0 Å². The van der Waals surface area contributed by atoms with E-state index < -0.39 is 0 Å². The maximum absolute atomic E-state index is 10.8. The molecule has 2 aromatic heterocycles. The van der Waals surface area contributed by atoms with Gasteiger partial charge in [-0.05, 0) is 29.1 Å². The van der Waals surface area contributed by atoms with Gasteiger partial charge in [-0.25, -0.2) is 0 Å². The number of rotatable bonds is 0. The predicted octanol–water partition coefficient (Wildman–Crippen LogP) is 1.65. The molecule has 0 aliphatic rings. The molecular formula is C11H10N4OS.